The molecule has 0 aromatic carbocycles. The van der Waals surface area contributed by atoms with E-state index in [1.54, 1.807) is 21.3 Å². The van der Waals surface area contributed by atoms with Gasteiger partial charge in [-0.05, 0) is 31.6 Å². The lowest BCUT2D eigenvalue weighted by atomic mass is 9.88. The lowest BCUT2D eigenvalue weighted by molar-refractivity contribution is 0.120. The highest BCUT2D eigenvalue weighted by Crippen LogP contribution is 2.41. The van der Waals surface area contributed by atoms with Crippen LogP contribution in [-0.4, -0.2) is 42.3 Å². The Balaban J connectivity index is 0.00000144. The van der Waals surface area contributed by atoms with Crippen molar-refractivity contribution in [1.29, 1.82) is 0 Å². The Kier molecular flexibility index (Phi) is 5.59. The smallest absolute Gasteiger partial charge is 0.377 e. The molecule has 0 spiro atoms. The van der Waals surface area contributed by atoms with Gasteiger partial charge in [-0.15, -0.1) is 0 Å². The summed E-state index contributed by atoms with van der Waals surface area (Å²) in [5.41, 5.74) is 0. The van der Waals surface area contributed by atoms with Crippen LogP contribution in [0.5, 0.6) is 0 Å². The Hall–Kier alpha value is 0.0569. The Morgan fingerprint density at radius 3 is 2.24 bits per heavy atom. The third-order valence-corrected chi connectivity index (χ3v) is 6.67. The first-order chi connectivity index (χ1) is 7.73. The molecule has 1 aliphatic heterocycles. The first kappa shape index (κ1) is 15.1. The van der Waals surface area contributed by atoms with Gasteiger partial charge in [0.1, 0.15) is 0 Å². The minimum Gasteiger partial charge on any atom is -0.377 e. The second-order valence-corrected chi connectivity index (χ2v) is 7.82. The van der Waals surface area contributed by atoms with Gasteiger partial charge >= 0.3 is 8.80 Å². The number of epoxide rings is 1. The molecule has 102 valence electrons. The molecule has 3 atom stereocenters. The largest absolute Gasteiger partial charge is 0.500 e. The van der Waals surface area contributed by atoms with Crippen molar-refractivity contribution in [2.75, 3.05) is 21.3 Å². The van der Waals surface area contributed by atoms with Crippen molar-refractivity contribution in [1.82, 2.24) is 0 Å². The first-order valence-corrected chi connectivity index (χ1v) is 7.97. The zero-order chi connectivity index (χ0) is 11.6. The molecule has 0 aromatic rings. The van der Waals surface area contributed by atoms with Gasteiger partial charge in [0.25, 0.3) is 0 Å². The quantitative estimate of drug-likeness (QED) is 0.544. The van der Waals surface area contributed by atoms with E-state index in [2.05, 4.69) is 0 Å². The van der Waals surface area contributed by atoms with Crippen LogP contribution in [0.4, 0.5) is 0 Å². The van der Waals surface area contributed by atoms with E-state index in [4.69, 9.17) is 18.0 Å². The molecule has 17 heavy (non-hydrogen) atoms. The molecule has 2 fully saturated rings. The number of hydrogen-bond donors (Lipinski definition) is 0. The summed E-state index contributed by atoms with van der Waals surface area (Å²) in [6.07, 6.45) is 6.01. The van der Waals surface area contributed by atoms with E-state index in [1.807, 2.05) is 0 Å². The maximum absolute atomic E-state index is 5.54. The van der Waals surface area contributed by atoms with E-state index < -0.39 is 8.80 Å². The van der Waals surface area contributed by atoms with Gasteiger partial charge in [-0.3, -0.25) is 0 Å². The van der Waals surface area contributed by atoms with Gasteiger partial charge in [0, 0.05) is 27.4 Å². The second kappa shape index (κ2) is 6.29. The summed E-state index contributed by atoms with van der Waals surface area (Å²) in [4.78, 5) is 0. The average molecular weight is 262 g/mol. The number of rotatable bonds is 6. The third-order valence-electron chi connectivity index (χ3n) is 3.90. The first-order valence-electron chi connectivity index (χ1n) is 6.04. The van der Waals surface area contributed by atoms with Crippen LogP contribution in [0.25, 0.3) is 0 Å². The molecule has 0 amide bonds. The molecule has 1 aliphatic carbocycles. The molecule has 1 heterocycles. The second-order valence-electron chi connectivity index (χ2n) is 4.73. The molecule has 0 radical (unpaired) electrons. The molecule has 5 heteroatoms. The third kappa shape index (κ3) is 3.51. The summed E-state index contributed by atoms with van der Waals surface area (Å²) in [6.45, 7) is 0. The van der Waals surface area contributed by atoms with Crippen molar-refractivity contribution in [3.8, 4) is 0 Å². The van der Waals surface area contributed by atoms with E-state index in [0.29, 0.717) is 12.2 Å². The molecular weight excluding hydrogens is 236 g/mol. The van der Waals surface area contributed by atoms with Crippen LogP contribution in [-0.2, 0) is 18.0 Å². The summed E-state index contributed by atoms with van der Waals surface area (Å²) in [6, 6.07) is 0.915. The molecular formula is C12H26O4Si. The van der Waals surface area contributed by atoms with Gasteiger partial charge in [0.2, 0.25) is 0 Å². The maximum Gasteiger partial charge on any atom is 0.500 e. The standard InChI is InChI=1S/C11H22O4Si.CH4/c1-12-16(13-2,14-3)7-6-9-4-5-10-11(8-9)15-10;/h9-11H,4-8H2,1-3H3;1H4. The average Bonchev–Trinajstić information content (AvgIpc) is 3.10. The van der Waals surface area contributed by atoms with E-state index in [0.717, 1.165) is 18.4 Å². The van der Waals surface area contributed by atoms with Crippen LogP contribution in [0.3, 0.4) is 0 Å². The minimum atomic E-state index is -2.35. The van der Waals surface area contributed by atoms with Crippen molar-refractivity contribution >= 4 is 8.80 Å². The maximum atomic E-state index is 5.54. The van der Waals surface area contributed by atoms with Crippen molar-refractivity contribution < 1.29 is 18.0 Å². The van der Waals surface area contributed by atoms with Crippen molar-refractivity contribution in [2.45, 2.75) is 51.4 Å². The number of fused-ring (bicyclic) bond motifs is 1. The normalized spacial score (nSPS) is 31.6. The zero-order valence-electron chi connectivity index (χ0n) is 10.4. The van der Waals surface area contributed by atoms with Gasteiger partial charge in [0.05, 0.1) is 12.2 Å². The molecule has 2 aliphatic rings. The minimum absolute atomic E-state index is 0. The highest BCUT2D eigenvalue weighted by molar-refractivity contribution is 6.60. The van der Waals surface area contributed by atoms with Crippen LogP contribution in [0.15, 0.2) is 0 Å². The van der Waals surface area contributed by atoms with Gasteiger partial charge in [0.15, 0.2) is 0 Å². The molecule has 1 saturated heterocycles. The highest BCUT2D eigenvalue weighted by atomic mass is 28.4. The van der Waals surface area contributed by atoms with Crippen LogP contribution in [0, 0.1) is 5.92 Å². The fourth-order valence-corrected chi connectivity index (χ4v) is 4.56. The SMILES string of the molecule is C.CO[Si](CCC1CCC2OC2C1)(OC)OC. The molecule has 2 rings (SSSR count). The lowest BCUT2D eigenvalue weighted by Gasteiger charge is -2.27. The Morgan fingerprint density at radius 2 is 1.71 bits per heavy atom. The number of ether oxygens (including phenoxy) is 1. The van der Waals surface area contributed by atoms with E-state index in [-0.39, 0.29) is 7.43 Å². The Morgan fingerprint density at radius 1 is 1.06 bits per heavy atom. The zero-order valence-corrected chi connectivity index (χ0v) is 11.4. The summed E-state index contributed by atoms with van der Waals surface area (Å²) in [5.74, 6) is 0.760. The van der Waals surface area contributed by atoms with Crippen LogP contribution < -0.4 is 0 Å². The van der Waals surface area contributed by atoms with Gasteiger partial charge < -0.3 is 18.0 Å². The monoisotopic (exact) mass is 262 g/mol. The lowest BCUT2D eigenvalue weighted by Crippen LogP contribution is -2.43. The van der Waals surface area contributed by atoms with Crippen LogP contribution >= 0.6 is 0 Å². The fraction of sp³-hybridized carbons (Fsp3) is 1.00. The van der Waals surface area contributed by atoms with Gasteiger partial charge in [-0.25, -0.2) is 0 Å². The van der Waals surface area contributed by atoms with E-state index >= 15 is 0 Å². The van der Waals surface area contributed by atoms with E-state index in [1.165, 1.54) is 19.3 Å². The topological polar surface area (TPSA) is 40.2 Å². The van der Waals surface area contributed by atoms with Crippen molar-refractivity contribution in [2.24, 2.45) is 5.92 Å². The molecule has 1 saturated carbocycles. The molecule has 4 nitrogen and oxygen atoms in total. The molecule has 0 aromatic heterocycles. The number of hydrogen-bond acceptors (Lipinski definition) is 4. The summed E-state index contributed by atoms with van der Waals surface area (Å²) in [5, 5.41) is 0. The summed E-state index contributed by atoms with van der Waals surface area (Å²) < 4.78 is 21.8. The van der Waals surface area contributed by atoms with Crippen molar-refractivity contribution in [3.05, 3.63) is 0 Å². The van der Waals surface area contributed by atoms with Crippen LogP contribution in [0.2, 0.25) is 6.04 Å². The van der Waals surface area contributed by atoms with Crippen LogP contribution in [0.1, 0.15) is 33.1 Å². The molecule has 0 bridgehead atoms. The predicted molar refractivity (Wildman–Crippen MR) is 68.9 cm³/mol. The van der Waals surface area contributed by atoms with E-state index in [9.17, 15) is 0 Å². The Bertz CT molecular complexity index is 224. The highest BCUT2D eigenvalue weighted by Gasteiger charge is 2.45. The predicted octanol–water partition coefficient (Wildman–Crippen LogP) is 2.46. The van der Waals surface area contributed by atoms with Crippen molar-refractivity contribution in [3.63, 3.8) is 0 Å². The molecule has 0 N–H and O–H groups in total. The summed E-state index contributed by atoms with van der Waals surface area (Å²) in [7, 11) is 2.69. The Labute approximate surface area is 106 Å². The fourth-order valence-electron chi connectivity index (χ4n) is 2.69. The molecule has 3 unspecified atom stereocenters. The van der Waals surface area contributed by atoms with Gasteiger partial charge in [-0.2, -0.15) is 0 Å². The van der Waals surface area contributed by atoms with Gasteiger partial charge in [-0.1, -0.05) is 7.43 Å². The summed E-state index contributed by atoms with van der Waals surface area (Å²) >= 11 is 0.